The predicted molar refractivity (Wildman–Crippen MR) is 99.6 cm³/mol. The van der Waals surface area contributed by atoms with Gasteiger partial charge >= 0.3 is 5.97 Å². The molecule has 2 aliphatic rings. The molecule has 2 rings (SSSR count). The molecule has 0 aromatic rings. The van der Waals surface area contributed by atoms with Crippen LogP contribution in [0.15, 0.2) is 24.3 Å². The standard InChI is InChI=1S/C21H34O4/c1-2-3-4-9-15-24-16-14-18-17(19-12-13-20(18)25-19)10-7-5-6-8-11-21(22)23/h4-5,7,9,17-20H,2-3,6,8,10-16H2,1H3,(H,22,23)/b7-5-,9-4+/t17-,18-,19-,20+/m1/s1. The van der Waals surface area contributed by atoms with Crippen LogP contribution in [0, 0.1) is 11.8 Å². The van der Waals surface area contributed by atoms with Crippen LogP contribution in [0.25, 0.3) is 0 Å². The number of hydrogen-bond acceptors (Lipinski definition) is 3. The van der Waals surface area contributed by atoms with E-state index in [1.807, 2.05) is 0 Å². The minimum absolute atomic E-state index is 0.258. The van der Waals surface area contributed by atoms with Gasteiger partial charge in [-0.15, -0.1) is 0 Å². The van der Waals surface area contributed by atoms with Crippen molar-refractivity contribution in [3.8, 4) is 0 Å². The van der Waals surface area contributed by atoms with Crippen LogP contribution in [0.3, 0.4) is 0 Å². The second-order valence-corrected chi connectivity index (χ2v) is 7.23. The zero-order chi connectivity index (χ0) is 17.9. The van der Waals surface area contributed by atoms with Gasteiger partial charge in [0.15, 0.2) is 0 Å². The molecule has 0 radical (unpaired) electrons. The van der Waals surface area contributed by atoms with Crippen molar-refractivity contribution in [3.63, 3.8) is 0 Å². The summed E-state index contributed by atoms with van der Waals surface area (Å²) in [6, 6.07) is 0. The van der Waals surface area contributed by atoms with Crippen LogP contribution in [0.1, 0.15) is 64.7 Å². The number of rotatable bonds is 13. The van der Waals surface area contributed by atoms with Crippen molar-refractivity contribution in [2.24, 2.45) is 11.8 Å². The second-order valence-electron chi connectivity index (χ2n) is 7.23. The molecule has 0 aliphatic carbocycles. The number of carboxylic acids is 1. The summed E-state index contributed by atoms with van der Waals surface area (Å²) in [6.45, 7) is 3.71. The van der Waals surface area contributed by atoms with Crippen LogP contribution < -0.4 is 0 Å². The van der Waals surface area contributed by atoms with E-state index in [1.54, 1.807) is 0 Å². The third-order valence-corrected chi connectivity index (χ3v) is 5.36. The SMILES string of the molecule is CCC/C=C/COCC[C@@H]1[C@@H](C/C=C\CCCC(=O)O)[C@H]2CC[C@@H]1O2. The van der Waals surface area contributed by atoms with E-state index in [0.29, 0.717) is 24.0 Å². The fourth-order valence-corrected chi connectivity index (χ4v) is 4.06. The van der Waals surface area contributed by atoms with E-state index >= 15 is 0 Å². The molecule has 0 amide bonds. The highest BCUT2D eigenvalue weighted by Crippen LogP contribution is 2.46. The summed E-state index contributed by atoms with van der Waals surface area (Å²) < 4.78 is 11.9. The summed E-state index contributed by atoms with van der Waals surface area (Å²) in [7, 11) is 0. The number of carboxylic acid groups (broad SMARTS) is 1. The van der Waals surface area contributed by atoms with Crippen LogP contribution in [-0.2, 0) is 14.3 Å². The lowest BCUT2D eigenvalue weighted by atomic mass is 9.76. The molecule has 4 heteroatoms. The molecule has 142 valence electrons. The van der Waals surface area contributed by atoms with Gasteiger partial charge in [0.2, 0.25) is 0 Å². The highest BCUT2D eigenvalue weighted by molar-refractivity contribution is 5.66. The van der Waals surface area contributed by atoms with E-state index < -0.39 is 5.97 Å². The summed E-state index contributed by atoms with van der Waals surface area (Å²) in [4.78, 5) is 10.5. The van der Waals surface area contributed by atoms with E-state index in [9.17, 15) is 4.79 Å². The van der Waals surface area contributed by atoms with Crippen molar-refractivity contribution in [1.29, 1.82) is 0 Å². The number of unbranched alkanes of at least 4 members (excludes halogenated alkanes) is 2. The van der Waals surface area contributed by atoms with Gasteiger partial charge in [0.05, 0.1) is 18.8 Å². The van der Waals surface area contributed by atoms with Gasteiger partial charge in [-0.2, -0.15) is 0 Å². The Hall–Kier alpha value is -1.13. The summed E-state index contributed by atoms with van der Waals surface area (Å²) in [5, 5.41) is 8.66. The quantitative estimate of drug-likeness (QED) is 0.385. The molecule has 2 fully saturated rings. The highest BCUT2D eigenvalue weighted by Gasteiger charge is 2.47. The monoisotopic (exact) mass is 350 g/mol. The van der Waals surface area contributed by atoms with Gasteiger partial charge < -0.3 is 14.6 Å². The van der Waals surface area contributed by atoms with Gasteiger partial charge in [0, 0.05) is 13.0 Å². The van der Waals surface area contributed by atoms with Crippen LogP contribution in [0.4, 0.5) is 0 Å². The van der Waals surface area contributed by atoms with Gasteiger partial charge in [0.25, 0.3) is 0 Å². The van der Waals surface area contributed by atoms with Crippen molar-refractivity contribution in [2.75, 3.05) is 13.2 Å². The maximum absolute atomic E-state index is 10.5. The third-order valence-electron chi connectivity index (χ3n) is 5.36. The molecule has 0 spiro atoms. The normalized spacial score (nSPS) is 28.5. The van der Waals surface area contributed by atoms with Crippen LogP contribution in [-0.4, -0.2) is 36.5 Å². The number of hydrogen-bond donors (Lipinski definition) is 1. The van der Waals surface area contributed by atoms with Gasteiger partial charge in [-0.1, -0.05) is 37.6 Å². The first kappa shape index (κ1) is 20.2. The maximum Gasteiger partial charge on any atom is 0.303 e. The molecule has 4 nitrogen and oxygen atoms in total. The van der Waals surface area contributed by atoms with Crippen molar-refractivity contribution in [1.82, 2.24) is 0 Å². The summed E-state index contributed by atoms with van der Waals surface area (Å²) in [6.07, 6.45) is 18.2. The Bertz CT molecular complexity index is 443. The summed E-state index contributed by atoms with van der Waals surface area (Å²) in [5.74, 6) is 0.509. The molecule has 0 aromatic carbocycles. The Morgan fingerprint density at radius 2 is 1.88 bits per heavy atom. The molecule has 1 N–H and O–H groups in total. The van der Waals surface area contributed by atoms with E-state index in [1.165, 1.54) is 19.3 Å². The molecule has 2 bridgehead atoms. The van der Waals surface area contributed by atoms with Crippen LogP contribution >= 0.6 is 0 Å². The van der Waals surface area contributed by atoms with Gasteiger partial charge in [-0.05, 0) is 56.8 Å². The first-order valence-corrected chi connectivity index (χ1v) is 9.97. The van der Waals surface area contributed by atoms with E-state index in [2.05, 4.69) is 31.2 Å². The van der Waals surface area contributed by atoms with Crippen molar-refractivity contribution < 1.29 is 19.4 Å². The third kappa shape index (κ3) is 6.95. The van der Waals surface area contributed by atoms with E-state index in [4.69, 9.17) is 14.6 Å². The zero-order valence-corrected chi connectivity index (χ0v) is 15.6. The molecular formula is C21H34O4. The Morgan fingerprint density at radius 1 is 1.12 bits per heavy atom. The van der Waals surface area contributed by atoms with Gasteiger partial charge in [0.1, 0.15) is 0 Å². The topological polar surface area (TPSA) is 55.8 Å². The Morgan fingerprint density at radius 3 is 2.64 bits per heavy atom. The average Bonchev–Trinajstić information content (AvgIpc) is 3.19. The molecule has 2 aliphatic heterocycles. The first-order valence-electron chi connectivity index (χ1n) is 9.97. The number of ether oxygens (including phenoxy) is 2. The Kier molecular flexibility index (Phi) is 9.27. The van der Waals surface area contributed by atoms with Gasteiger partial charge in [-0.3, -0.25) is 4.79 Å². The minimum atomic E-state index is -0.709. The smallest absolute Gasteiger partial charge is 0.303 e. The fraction of sp³-hybridized carbons (Fsp3) is 0.762. The summed E-state index contributed by atoms with van der Waals surface area (Å²) in [5.41, 5.74) is 0. The molecule has 2 heterocycles. The Labute approximate surface area is 152 Å². The Balaban J connectivity index is 1.66. The zero-order valence-electron chi connectivity index (χ0n) is 15.6. The molecule has 2 saturated heterocycles. The number of fused-ring (bicyclic) bond motifs is 2. The van der Waals surface area contributed by atoms with E-state index in [-0.39, 0.29) is 6.42 Å². The number of aliphatic carboxylic acids is 1. The molecule has 0 saturated carbocycles. The van der Waals surface area contributed by atoms with Crippen molar-refractivity contribution in [3.05, 3.63) is 24.3 Å². The molecule has 0 unspecified atom stereocenters. The highest BCUT2D eigenvalue weighted by atomic mass is 16.5. The van der Waals surface area contributed by atoms with Crippen LogP contribution in [0.5, 0.6) is 0 Å². The lowest BCUT2D eigenvalue weighted by Gasteiger charge is -2.27. The van der Waals surface area contributed by atoms with Crippen molar-refractivity contribution in [2.45, 2.75) is 76.9 Å². The molecular weight excluding hydrogens is 316 g/mol. The number of allylic oxidation sites excluding steroid dienone is 3. The second kappa shape index (κ2) is 11.5. The van der Waals surface area contributed by atoms with E-state index in [0.717, 1.165) is 45.3 Å². The minimum Gasteiger partial charge on any atom is -0.481 e. The lowest BCUT2D eigenvalue weighted by Crippen LogP contribution is -2.28. The molecule has 0 aromatic heterocycles. The fourth-order valence-electron chi connectivity index (χ4n) is 4.06. The lowest BCUT2D eigenvalue weighted by molar-refractivity contribution is -0.137. The van der Waals surface area contributed by atoms with Gasteiger partial charge in [-0.25, -0.2) is 0 Å². The van der Waals surface area contributed by atoms with Crippen molar-refractivity contribution >= 4 is 5.97 Å². The first-order chi connectivity index (χ1) is 12.2. The molecule has 4 atom stereocenters. The predicted octanol–water partition coefficient (Wildman–Crippen LogP) is 4.74. The van der Waals surface area contributed by atoms with Crippen LogP contribution in [0.2, 0.25) is 0 Å². The largest absolute Gasteiger partial charge is 0.481 e. The number of carbonyl (C=O) groups is 1. The summed E-state index contributed by atoms with van der Waals surface area (Å²) >= 11 is 0. The average molecular weight is 350 g/mol. The maximum atomic E-state index is 10.5. The molecule has 25 heavy (non-hydrogen) atoms.